The summed E-state index contributed by atoms with van der Waals surface area (Å²) in [6.07, 6.45) is 1.13. The van der Waals surface area contributed by atoms with E-state index in [2.05, 4.69) is 47.7 Å². The fraction of sp³-hybridized carbons (Fsp3) is 1.00. The van der Waals surface area contributed by atoms with Crippen LogP contribution >= 0.6 is 0 Å². The fourth-order valence-electron chi connectivity index (χ4n) is 1.81. The van der Waals surface area contributed by atoms with Crippen molar-refractivity contribution in [3.8, 4) is 0 Å². The second-order valence-electron chi connectivity index (χ2n) is 7.21. The molecule has 16 heavy (non-hydrogen) atoms. The first-order valence-electron chi connectivity index (χ1n) is 6.31. The summed E-state index contributed by atoms with van der Waals surface area (Å²) in [5.74, 6) is 0.587. The van der Waals surface area contributed by atoms with E-state index in [1.807, 2.05) is 0 Å². The van der Waals surface area contributed by atoms with E-state index in [0.29, 0.717) is 11.0 Å². The molecule has 0 aromatic carbocycles. The van der Waals surface area contributed by atoms with Gasteiger partial charge in [-0.3, -0.25) is 0 Å². The van der Waals surface area contributed by atoms with Crippen LogP contribution < -0.4 is 0 Å². The van der Waals surface area contributed by atoms with Gasteiger partial charge in [-0.05, 0) is 38.4 Å². The molecule has 1 aliphatic rings. The van der Waals surface area contributed by atoms with Gasteiger partial charge in [-0.15, -0.1) is 0 Å². The lowest BCUT2D eigenvalue weighted by Crippen LogP contribution is -2.42. The van der Waals surface area contributed by atoms with Gasteiger partial charge < -0.3 is 9.16 Å². The highest BCUT2D eigenvalue weighted by atomic mass is 28.4. The fourth-order valence-corrected chi connectivity index (χ4v) is 2.89. The van der Waals surface area contributed by atoms with Crippen molar-refractivity contribution >= 4 is 8.32 Å². The highest BCUT2D eigenvalue weighted by Gasteiger charge is 2.39. The van der Waals surface area contributed by atoms with E-state index in [0.717, 1.165) is 19.6 Å². The predicted molar refractivity (Wildman–Crippen MR) is 71.3 cm³/mol. The molecule has 0 N–H and O–H groups in total. The third-order valence-electron chi connectivity index (χ3n) is 3.98. The van der Waals surface area contributed by atoms with E-state index in [1.165, 1.54) is 0 Å². The van der Waals surface area contributed by atoms with Crippen LogP contribution in [0, 0.1) is 5.92 Å². The molecule has 0 aromatic rings. The molecule has 2 nitrogen and oxygen atoms in total. The summed E-state index contributed by atoms with van der Waals surface area (Å²) in [7, 11) is -1.57. The van der Waals surface area contributed by atoms with Gasteiger partial charge in [0.2, 0.25) is 0 Å². The highest BCUT2D eigenvalue weighted by Crippen LogP contribution is 2.38. The Bertz CT molecular complexity index is 241. The standard InChI is InChI=1S/C13H28O2Si/c1-12(2,3)16(6,7)15-10-11-8-13(4,5)14-9-11/h11H,8-10H2,1-7H3. The molecule has 1 unspecified atom stereocenters. The van der Waals surface area contributed by atoms with Crippen molar-refractivity contribution in [2.24, 2.45) is 5.92 Å². The number of rotatable bonds is 3. The summed E-state index contributed by atoms with van der Waals surface area (Å²) >= 11 is 0. The summed E-state index contributed by atoms with van der Waals surface area (Å²) in [5.41, 5.74) is 0.0570. The molecule has 0 saturated carbocycles. The smallest absolute Gasteiger partial charge is 0.191 e. The Balaban J connectivity index is 2.42. The third-order valence-corrected chi connectivity index (χ3v) is 8.48. The molecule has 0 spiro atoms. The first kappa shape index (κ1) is 14.2. The van der Waals surface area contributed by atoms with Crippen LogP contribution in [0.15, 0.2) is 0 Å². The van der Waals surface area contributed by atoms with Crippen LogP contribution in [0.5, 0.6) is 0 Å². The van der Waals surface area contributed by atoms with Crippen LogP contribution in [-0.2, 0) is 9.16 Å². The topological polar surface area (TPSA) is 18.5 Å². The van der Waals surface area contributed by atoms with E-state index in [4.69, 9.17) is 9.16 Å². The van der Waals surface area contributed by atoms with Gasteiger partial charge in [-0.25, -0.2) is 0 Å². The SMILES string of the molecule is CC1(C)CC(CO[Si](C)(C)C(C)(C)C)CO1. The van der Waals surface area contributed by atoms with Crippen molar-refractivity contribution in [3.63, 3.8) is 0 Å². The van der Waals surface area contributed by atoms with Crippen LogP contribution in [0.25, 0.3) is 0 Å². The minimum absolute atomic E-state index is 0.0570. The molecule has 0 aliphatic carbocycles. The lowest BCUT2D eigenvalue weighted by atomic mass is 9.99. The first-order valence-corrected chi connectivity index (χ1v) is 9.22. The van der Waals surface area contributed by atoms with Gasteiger partial charge in [0.15, 0.2) is 8.32 Å². The van der Waals surface area contributed by atoms with Crippen molar-refractivity contribution in [2.75, 3.05) is 13.2 Å². The van der Waals surface area contributed by atoms with Crippen molar-refractivity contribution in [3.05, 3.63) is 0 Å². The van der Waals surface area contributed by atoms with Crippen LogP contribution in [-0.4, -0.2) is 27.1 Å². The van der Waals surface area contributed by atoms with Gasteiger partial charge in [-0.2, -0.15) is 0 Å². The van der Waals surface area contributed by atoms with Crippen molar-refractivity contribution in [1.82, 2.24) is 0 Å². The minimum atomic E-state index is -1.57. The molecule has 1 saturated heterocycles. The Hall–Kier alpha value is 0.137. The van der Waals surface area contributed by atoms with Crippen LogP contribution in [0.2, 0.25) is 18.1 Å². The van der Waals surface area contributed by atoms with Crippen molar-refractivity contribution < 1.29 is 9.16 Å². The van der Waals surface area contributed by atoms with Crippen molar-refractivity contribution in [2.45, 2.75) is 64.8 Å². The Morgan fingerprint density at radius 2 is 1.88 bits per heavy atom. The quantitative estimate of drug-likeness (QED) is 0.703. The van der Waals surface area contributed by atoms with E-state index in [-0.39, 0.29) is 5.60 Å². The van der Waals surface area contributed by atoms with Gasteiger partial charge in [-0.1, -0.05) is 20.8 Å². The molecule has 0 aromatic heterocycles. The molecule has 0 bridgehead atoms. The normalized spacial score (nSPS) is 26.1. The molecule has 1 atom stereocenters. The summed E-state index contributed by atoms with van der Waals surface area (Å²) in [5, 5.41) is 0.308. The van der Waals surface area contributed by atoms with E-state index in [9.17, 15) is 0 Å². The molecule has 0 radical (unpaired) electrons. The maximum Gasteiger partial charge on any atom is 0.191 e. The minimum Gasteiger partial charge on any atom is -0.416 e. The molecule has 1 fully saturated rings. The second-order valence-corrected chi connectivity index (χ2v) is 12.0. The average Bonchev–Trinajstić information content (AvgIpc) is 2.40. The van der Waals surface area contributed by atoms with Crippen LogP contribution in [0.3, 0.4) is 0 Å². The Kier molecular flexibility index (Phi) is 3.93. The lowest BCUT2D eigenvalue weighted by molar-refractivity contribution is 0.0339. The number of hydrogen-bond donors (Lipinski definition) is 0. The Morgan fingerprint density at radius 3 is 2.25 bits per heavy atom. The molecule has 96 valence electrons. The number of ether oxygens (including phenoxy) is 1. The zero-order valence-corrected chi connectivity index (χ0v) is 13.0. The van der Waals surface area contributed by atoms with Crippen LogP contribution in [0.1, 0.15) is 41.0 Å². The van der Waals surface area contributed by atoms with Gasteiger partial charge in [0.25, 0.3) is 0 Å². The molecular formula is C13H28O2Si. The molecule has 1 heterocycles. The summed E-state index contributed by atoms with van der Waals surface area (Å²) in [6, 6.07) is 0. The summed E-state index contributed by atoms with van der Waals surface area (Å²) in [6.45, 7) is 17.6. The number of hydrogen-bond acceptors (Lipinski definition) is 2. The average molecular weight is 244 g/mol. The highest BCUT2D eigenvalue weighted by molar-refractivity contribution is 6.74. The molecular weight excluding hydrogens is 216 g/mol. The molecule has 1 aliphatic heterocycles. The zero-order valence-electron chi connectivity index (χ0n) is 12.0. The van der Waals surface area contributed by atoms with E-state index < -0.39 is 8.32 Å². The van der Waals surface area contributed by atoms with Gasteiger partial charge in [0, 0.05) is 12.5 Å². The van der Waals surface area contributed by atoms with Gasteiger partial charge in [0.05, 0.1) is 12.2 Å². The van der Waals surface area contributed by atoms with E-state index in [1.54, 1.807) is 0 Å². The molecule has 3 heteroatoms. The first-order chi connectivity index (χ1) is 7.04. The predicted octanol–water partition coefficient (Wildman–Crippen LogP) is 3.82. The van der Waals surface area contributed by atoms with Gasteiger partial charge >= 0.3 is 0 Å². The summed E-state index contributed by atoms with van der Waals surface area (Å²) in [4.78, 5) is 0. The van der Waals surface area contributed by atoms with Crippen molar-refractivity contribution in [1.29, 1.82) is 0 Å². The lowest BCUT2D eigenvalue weighted by Gasteiger charge is -2.36. The third kappa shape index (κ3) is 3.57. The molecule has 1 rings (SSSR count). The largest absolute Gasteiger partial charge is 0.416 e. The maximum absolute atomic E-state index is 6.23. The van der Waals surface area contributed by atoms with E-state index >= 15 is 0 Å². The molecule has 0 amide bonds. The Morgan fingerprint density at radius 1 is 1.31 bits per heavy atom. The second kappa shape index (κ2) is 4.43. The monoisotopic (exact) mass is 244 g/mol. The maximum atomic E-state index is 6.23. The zero-order chi connectivity index (χ0) is 12.6. The Labute approximate surface area is 102 Å². The summed E-state index contributed by atoms with van der Waals surface area (Å²) < 4.78 is 12.0. The van der Waals surface area contributed by atoms with Crippen LogP contribution in [0.4, 0.5) is 0 Å². The van der Waals surface area contributed by atoms with Gasteiger partial charge in [0.1, 0.15) is 0 Å².